The molecule has 1 atom stereocenters. The van der Waals surface area contributed by atoms with Crippen LogP contribution in [0.5, 0.6) is 5.75 Å². The van der Waals surface area contributed by atoms with Gasteiger partial charge in [-0.25, -0.2) is 0 Å². The van der Waals surface area contributed by atoms with Crippen molar-refractivity contribution in [3.63, 3.8) is 0 Å². The van der Waals surface area contributed by atoms with Gasteiger partial charge < -0.3 is 14.4 Å². The zero-order chi connectivity index (χ0) is 16.2. The lowest BCUT2D eigenvalue weighted by atomic mass is 10.0. The Balaban J connectivity index is 2.06. The molecule has 0 aliphatic carbocycles. The van der Waals surface area contributed by atoms with Crippen LogP contribution in [-0.4, -0.2) is 18.7 Å². The molecular weight excluding hydrogens is 290 g/mol. The van der Waals surface area contributed by atoms with Crippen LogP contribution in [-0.2, 0) is 16.0 Å². The van der Waals surface area contributed by atoms with Crippen LogP contribution in [0.25, 0.3) is 0 Å². The summed E-state index contributed by atoms with van der Waals surface area (Å²) in [5, 5.41) is 0. The highest BCUT2D eigenvalue weighted by Gasteiger charge is 2.36. The number of fused-ring (bicyclic) bond motifs is 1. The molecule has 0 spiro atoms. The summed E-state index contributed by atoms with van der Waals surface area (Å²) < 4.78 is 6.08. The average molecular weight is 309 g/mol. The molecule has 1 heterocycles. The van der Waals surface area contributed by atoms with Crippen molar-refractivity contribution < 1.29 is 14.3 Å². The summed E-state index contributed by atoms with van der Waals surface area (Å²) in [5.41, 5.74) is 2.64. The van der Waals surface area contributed by atoms with E-state index >= 15 is 0 Å². The van der Waals surface area contributed by atoms with E-state index in [2.05, 4.69) is 6.92 Å². The zero-order valence-corrected chi connectivity index (χ0v) is 13.1. The predicted octanol–water partition coefficient (Wildman–Crippen LogP) is 3.30. The van der Waals surface area contributed by atoms with Gasteiger partial charge in [-0.05, 0) is 18.1 Å². The number of hydrogen-bond donors (Lipinski definition) is 0. The summed E-state index contributed by atoms with van der Waals surface area (Å²) in [4.78, 5) is 25.3. The maximum atomic E-state index is 12.9. The Morgan fingerprint density at radius 2 is 1.91 bits per heavy atom. The highest BCUT2D eigenvalue weighted by molar-refractivity contribution is 6.01. The monoisotopic (exact) mass is 309 g/mol. The smallest absolute Gasteiger partial charge is 0.272 e. The number of anilines is 1. The van der Waals surface area contributed by atoms with Gasteiger partial charge in [0.05, 0.1) is 5.69 Å². The molecule has 1 unspecified atom stereocenters. The van der Waals surface area contributed by atoms with Crippen molar-refractivity contribution in [3.8, 4) is 5.75 Å². The van der Waals surface area contributed by atoms with Gasteiger partial charge in [-0.1, -0.05) is 49.4 Å². The Labute approximate surface area is 135 Å². The van der Waals surface area contributed by atoms with Crippen LogP contribution in [0, 0.1) is 0 Å². The molecule has 0 radical (unpaired) electrons. The summed E-state index contributed by atoms with van der Waals surface area (Å²) >= 11 is 0. The lowest BCUT2D eigenvalue weighted by molar-refractivity contribution is -0.126. The Hall–Kier alpha value is -2.62. The van der Waals surface area contributed by atoms with Crippen LogP contribution in [0.3, 0.4) is 0 Å². The van der Waals surface area contributed by atoms with E-state index in [9.17, 15) is 9.59 Å². The number of nitrogens with zero attached hydrogens (tertiary/aromatic N) is 1. The molecule has 1 aliphatic rings. The first kappa shape index (κ1) is 15.3. The lowest BCUT2D eigenvalue weighted by Crippen LogP contribution is -2.42. The minimum atomic E-state index is -0.664. The number of para-hydroxylation sites is 1. The second kappa shape index (κ2) is 6.65. The van der Waals surface area contributed by atoms with Gasteiger partial charge in [0, 0.05) is 18.5 Å². The molecule has 23 heavy (non-hydrogen) atoms. The molecule has 118 valence electrons. The summed E-state index contributed by atoms with van der Waals surface area (Å²) in [6.07, 6.45) is 1.30. The van der Waals surface area contributed by atoms with Gasteiger partial charge in [0.1, 0.15) is 12.0 Å². The molecule has 0 N–H and O–H groups in total. The van der Waals surface area contributed by atoms with Crippen LogP contribution < -0.4 is 9.64 Å². The number of amides is 1. The number of ether oxygens (including phenoxy) is 1. The summed E-state index contributed by atoms with van der Waals surface area (Å²) in [5.74, 6) is 0.619. The van der Waals surface area contributed by atoms with Crippen LogP contribution >= 0.6 is 0 Å². The first-order valence-corrected chi connectivity index (χ1v) is 7.84. The van der Waals surface area contributed by atoms with Crippen LogP contribution in [0.1, 0.15) is 30.6 Å². The van der Waals surface area contributed by atoms with E-state index in [1.807, 2.05) is 48.5 Å². The normalized spacial score (nSPS) is 16.7. The van der Waals surface area contributed by atoms with Gasteiger partial charge in [0.2, 0.25) is 6.10 Å². The van der Waals surface area contributed by atoms with Gasteiger partial charge >= 0.3 is 0 Å². The predicted molar refractivity (Wildman–Crippen MR) is 88.7 cm³/mol. The molecule has 0 saturated carbocycles. The fourth-order valence-corrected chi connectivity index (χ4v) is 2.88. The molecule has 0 fully saturated rings. The molecule has 2 aromatic carbocycles. The van der Waals surface area contributed by atoms with Crippen molar-refractivity contribution in [3.05, 3.63) is 59.7 Å². The minimum absolute atomic E-state index is 0.126. The van der Waals surface area contributed by atoms with Gasteiger partial charge in [-0.2, -0.15) is 0 Å². The second-order valence-electron chi connectivity index (χ2n) is 5.47. The van der Waals surface area contributed by atoms with Crippen molar-refractivity contribution in [1.82, 2.24) is 0 Å². The number of aldehydes is 1. The van der Waals surface area contributed by atoms with Gasteiger partial charge in [-0.3, -0.25) is 4.79 Å². The van der Waals surface area contributed by atoms with E-state index in [1.54, 1.807) is 4.90 Å². The molecule has 2 aromatic rings. The van der Waals surface area contributed by atoms with Crippen LogP contribution in [0.15, 0.2) is 48.5 Å². The van der Waals surface area contributed by atoms with E-state index in [-0.39, 0.29) is 5.91 Å². The maximum Gasteiger partial charge on any atom is 0.272 e. The Morgan fingerprint density at radius 3 is 2.61 bits per heavy atom. The molecular formula is C19H19NO3. The molecule has 0 bridgehead atoms. The van der Waals surface area contributed by atoms with Crippen molar-refractivity contribution in [1.29, 1.82) is 0 Å². The van der Waals surface area contributed by atoms with E-state index in [0.29, 0.717) is 13.0 Å². The van der Waals surface area contributed by atoms with E-state index in [1.165, 1.54) is 0 Å². The van der Waals surface area contributed by atoms with E-state index in [0.717, 1.165) is 35.3 Å². The lowest BCUT2D eigenvalue weighted by Gasteiger charge is -2.35. The number of rotatable bonds is 5. The largest absolute Gasteiger partial charge is 0.473 e. The third-order valence-electron chi connectivity index (χ3n) is 4.05. The summed E-state index contributed by atoms with van der Waals surface area (Å²) in [7, 11) is 0. The van der Waals surface area contributed by atoms with Gasteiger partial charge in [0.25, 0.3) is 5.91 Å². The highest BCUT2D eigenvalue weighted by Crippen LogP contribution is 2.41. The molecule has 4 nitrogen and oxygen atoms in total. The van der Waals surface area contributed by atoms with Crippen molar-refractivity contribution in [2.75, 3.05) is 11.4 Å². The summed E-state index contributed by atoms with van der Waals surface area (Å²) in [6.45, 7) is 2.43. The molecule has 0 saturated heterocycles. The van der Waals surface area contributed by atoms with Crippen molar-refractivity contribution >= 4 is 17.9 Å². The average Bonchev–Trinajstić information content (AvgIpc) is 2.60. The Morgan fingerprint density at radius 1 is 1.13 bits per heavy atom. The second-order valence-corrected chi connectivity index (χ2v) is 5.47. The molecule has 3 rings (SSSR count). The van der Waals surface area contributed by atoms with E-state index in [4.69, 9.17) is 4.74 Å². The topological polar surface area (TPSA) is 46.6 Å². The number of hydrogen-bond acceptors (Lipinski definition) is 3. The Bertz CT molecular complexity index is 712. The van der Waals surface area contributed by atoms with Crippen molar-refractivity contribution in [2.45, 2.75) is 25.9 Å². The van der Waals surface area contributed by atoms with Crippen LogP contribution in [0.2, 0.25) is 0 Å². The number of aryl methyl sites for hydroxylation is 1. The minimum Gasteiger partial charge on any atom is -0.473 e. The van der Waals surface area contributed by atoms with Gasteiger partial charge in [0.15, 0.2) is 0 Å². The first-order valence-electron chi connectivity index (χ1n) is 7.84. The number of benzene rings is 2. The maximum absolute atomic E-state index is 12.9. The number of carbonyl (C=O) groups excluding carboxylic acids is 2. The number of carbonyl (C=O) groups is 2. The molecule has 4 heteroatoms. The first-order chi connectivity index (χ1) is 11.3. The highest BCUT2D eigenvalue weighted by atomic mass is 16.5. The third-order valence-corrected chi connectivity index (χ3v) is 4.05. The third kappa shape index (κ3) is 2.84. The molecule has 1 aliphatic heterocycles. The summed E-state index contributed by atoms with van der Waals surface area (Å²) in [6, 6.07) is 15.3. The molecule has 1 amide bonds. The van der Waals surface area contributed by atoms with Crippen LogP contribution in [0.4, 0.5) is 5.69 Å². The Kier molecular flexibility index (Phi) is 4.42. The fourth-order valence-electron chi connectivity index (χ4n) is 2.88. The van der Waals surface area contributed by atoms with E-state index < -0.39 is 6.10 Å². The van der Waals surface area contributed by atoms with Crippen molar-refractivity contribution in [2.24, 2.45) is 0 Å². The quantitative estimate of drug-likeness (QED) is 0.796. The standard InChI is InChI=1S/C19H19NO3/c1-2-14-10-6-11-16-17(14)23-18(15-8-4-3-5-9-15)19(22)20(16)12-7-13-21/h3-6,8-11,13,18H,2,7,12H2,1H3. The SMILES string of the molecule is CCc1cccc2c1OC(c1ccccc1)C(=O)N2CCC=O. The fraction of sp³-hybridized carbons (Fsp3) is 0.263. The molecule has 0 aromatic heterocycles. The van der Waals surface area contributed by atoms with Gasteiger partial charge in [-0.15, -0.1) is 0 Å². The zero-order valence-electron chi connectivity index (χ0n) is 13.1.